The van der Waals surface area contributed by atoms with Crippen molar-refractivity contribution in [1.29, 1.82) is 0 Å². The monoisotopic (exact) mass is 299 g/mol. The van der Waals surface area contributed by atoms with Crippen LogP contribution in [0, 0.1) is 5.92 Å². The Bertz CT molecular complexity index is 447. The van der Waals surface area contributed by atoms with Gasteiger partial charge in [0.15, 0.2) is 0 Å². The Kier molecular flexibility index (Phi) is 3.36. The smallest absolute Gasteiger partial charge is 0.227 e. The van der Waals surface area contributed by atoms with Crippen LogP contribution in [0.2, 0.25) is 5.02 Å². The van der Waals surface area contributed by atoms with E-state index in [1.165, 1.54) is 0 Å². The van der Waals surface area contributed by atoms with Crippen molar-refractivity contribution in [3.8, 4) is 0 Å². The van der Waals surface area contributed by atoms with E-state index < -0.39 is 0 Å². The SMILES string of the molecule is C=CC1CC(=O)N(c2cccc(Br)c2Cl)C1. The largest absolute Gasteiger partial charge is 0.310 e. The number of hydrogen-bond acceptors (Lipinski definition) is 1. The highest BCUT2D eigenvalue weighted by molar-refractivity contribution is 9.10. The fourth-order valence-electron chi connectivity index (χ4n) is 1.83. The molecular formula is C12H11BrClNO. The normalized spacial score (nSPS) is 20.2. The van der Waals surface area contributed by atoms with Crippen molar-refractivity contribution in [1.82, 2.24) is 0 Å². The van der Waals surface area contributed by atoms with Gasteiger partial charge in [0.25, 0.3) is 0 Å². The molecule has 0 radical (unpaired) electrons. The van der Waals surface area contributed by atoms with E-state index in [2.05, 4.69) is 22.5 Å². The van der Waals surface area contributed by atoms with E-state index in [0.717, 1.165) is 10.2 Å². The maximum Gasteiger partial charge on any atom is 0.227 e. The van der Waals surface area contributed by atoms with Gasteiger partial charge >= 0.3 is 0 Å². The Morgan fingerprint density at radius 1 is 1.56 bits per heavy atom. The summed E-state index contributed by atoms with van der Waals surface area (Å²) in [5.74, 6) is 0.326. The van der Waals surface area contributed by atoms with Crippen molar-refractivity contribution in [3.63, 3.8) is 0 Å². The number of carbonyl (C=O) groups excluding carboxylic acids is 1. The molecule has 1 heterocycles. The zero-order valence-electron chi connectivity index (χ0n) is 8.62. The van der Waals surface area contributed by atoms with Gasteiger partial charge in [0.1, 0.15) is 0 Å². The van der Waals surface area contributed by atoms with E-state index in [0.29, 0.717) is 18.0 Å². The lowest BCUT2D eigenvalue weighted by Gasteiger charge is -2.18. The maximum atomic E-state index is 11.8. The zero-order valence-corrected chi connectivity index (χ0v) is 11.0. The number of hydrogen-bond donors (Lipinski definition) is 0. The second-order valence-electron chi connectivity index (χ2n) is 3.78. The third-order valence-corrected chi connectivity index (χ3v) is 4.00. The van der Waals surface area contributed by atoms with Crippen LogP contribution in [0.5, 0.6) is 0 Å². The van der Waals surface area contributed by atoms with Crippen molar-refractivity contribution >= 4 is 39.1 Å². The molecule has 0 aliphatic carbocycles. The summed E-state index contributed by atoms with van der Waals surface area (Å²) in [5, 5.41) is 0.584. The van der Waals surface area contributed by atoms with Crippen molar-refractivity contribution in [2.24, 2.45) is 5.92 Å². The third kappa shape index (κ3) is 2.02. The maximum absolute atomic E-state index is 11.8. The second-order valence-corrected chi connectivity index (χ2v) is 5.01. The zero-order chi connectivity index (χ0) is 11.7. The number of halogens is 2. The van der Waals surface area contributed by atoms with E-state index >= 15 is 0 Å². The summed E-state index contributed by atoms with van der Waals surface area (Å²) in [4.78, 5) is 13.5. The van der Waals surface area contributed by atoms with Crippen molar-refractivity contribution < 1.29 is 4.79 Å². The standard InChI is InChI=1S/C12H11BrClNO/c1-2-8-6-11(16)15(7-8)10-5-3-4-9(13)12(10)14/h2-5,8H,1,6-7H2. The Labute approximate surface area is 108 Å². The molecule has 1 aliphatic rings. The van der Waals surface area contributed by atoms with Crippen molar-refractivity contribution in [3.05, 3.63) is 40.3 Å². The lowest BCUT2D eigenvalue weighted by Crippen LogP contribution is -2.24. The van der Waals surface area contributed by atoms with Gasteiger partial charge in [-0.05, 0) is 28.1 Å². The van der Waals surface area contributed by atoms with Crippen LogP contribution < -0.4 is 4.90 Å². The molecule has 1 unspecified atom stereocenters. The second kappa shape index (κ2) is 4.60. The lowest BCUT2D eigenvalue weighted by atomic mass is 10.1. The Balaban J connectivity index is 2.35. The number of amides is 1. The molecule has 0 aromatic heterocycles. The van der Waals surface area contributed by atoms with Gasteiger partial charge in [-0.25, -0.2) is 0 Å². The molecule has 16 heavy (non-hydrogen) atoms. The Morgan fingerprint density at radius 2 is 2.31 bits per heavy atom. The molecule has 1 amide bonds. The topological polar surface area (TPSA) is 20.3 Å². The van der Waals surface area contributed by atoms with Gasteiger partial charge in [-0.3, -0.25) is 4.79 Å². The molecule has 2 nitrogen and oxygen atoms in total. The van der Waals surface area contributed by atoms with Crippen LogP contribution in [0.25, 0.3) is 0 Å². The highest BCUT2D eigenvalue weighted by atomic mass is 79.9. The molecule has 1 saturated heterocycles. The summed E-state index contributed by atoms with van der Waals surface area (Å²) >= 11 is 9.52. The minimum Gasteiger partial charge on any atom is -0.310 e. The van der Waals surface area contributed by atoms with Crippen LogP contribution in [0.15, 0.2) is 35.3 Å². The molecule has 1 aliphatic heterocycles. The van der Waals surface area contributed by atoms with Crippen LogP contribution in [0.1, 0.15) is 6.42 Å². The Morgan fingerprint density at radius 3 is 2.94 bits per heavy atom. The summed E-state index contributed by atoms with van der Waals surface area (Å²) < 4.78 is 0.807. The van der Waals surface area contributed by atoms with E-state index in [4.69, 9.17) is 11.6 Å². The first-order chi connectivity index (χ1) is 7.63. The molecule has 0 spiro atoms. The predicted molar refractivity (Wildman–Crippen MR) is 69.8 cm³/mol. The van der Waals surface area contributed by atoms with E-state index in [9.17, 15) is 4.79 Å². The molecule has 84 valence electrons. The summed E-state index contributed by atoms with van der Waals surface area (Å²) in [6.45, 7) is 4.39. The number of nitrogens with zero attached hydrogens (tertiary/aromatic N) is 1. The van der Waals surface area contributed by atoms with Crippen LogP contribution in [0.4, 0.5) is 5.69 Å². The van der Waals surface area contributed by atoms with Crippen LogP contribution in [0.3, 0.4) is 0 Å². The molecule has 4 heteroatoms. The first kappa shape index (κ1) is 11.7. The minimum absolute atomic E-state index is 0.102. The fraction of sp³-hybridized carbons (Fsp3) is 0.250. The van der Waals surface area contributed by atoms with Crippen LogP contribution in [-0.4, -0.2) is 12.5 Å². The molecular weight excluding hydrogens is 289 g/mol. The fourth-order valence-corrected chi connectivity index (χ4v) is 2.41. The first-order valence-corrected chi connectivity index (χ1v) is 6.17. The van der Waals surface area contributed by atoms with E-state index in [1.807, 2.05) is 24.3 Å². The van der Waals surface area contributed by atoms with Crippen LogP contribution >= 0.6 is 27.5 Å². The minimum atomic E-state index is 0.102. The summed E-state index contributed by atoms with van der Waals surface area (Å²) in [6, 6.07) is 5.59. The van der Waals surface area contributed by atoms with Gasteiger partial charge in [-0.1, -0.05) is 23.7 Å². The molecule has 1 aromatic carbocycles. The molecule has 2 rings (SSSR count). The highest BCUT2D eigenvalue weighted by Crippen LogP contribution is 2.35. The number of anilines is 1. The summed E-state index contributed by atoms with van der Waals surface area (Å²) in [6.07, 6.45) is 2.34. The summed E-state index contributed by atoms with van der Waals surface area (Å²) in [7, 11) is 0. The predicted octanol–water partition coefficient (Wildman–Crippen LogP) is 3.64. The van der Waals surface area contributed by atoms with E-state index in [1.54, 1.807) is 4.90 Å². The van der Waals surface area contributed by atoms with Gasteiger partial charge in [-0.15, -0.1) is 6.58 Å². The number of rotatable bonds is 2. The van der Waals surface area contributed by atoms with Crippen LogP contribution in [-0.2, 0) is 4.79 Å². The Hall–Kier alpha value is -0.800. The highest BCUT2D eigenvalue weighted by Gasteiger charge is 2.30. The van der Waals surface area contributed by atoms with Crippen molar-refractivity contribution in [2.45, 2.75) is 6.42 Å². The average molecular weight is 301 g/mol. The number of benzene rings is 1. The lowest BCUT2D eigenvalue weighted by molar-refractivity contribution is -0.117. The molecule has 0 N–H and O–H groups in total. The average Bonchev–Trinajstić information content (AvgIpc) is 2.64. The molecule has 1 atom stereocenters. The first-order valence-electron chi connectivity index (χ1n) is 5.00. The quantitative estimate of drug-likeness (QED) is 0.764. The summed E-state index contributed by atoms with van der Waals surface area (Å²) in [5.41, 5.74) is 0.769. The van der Waals surface area contributed by atoms with Gasteiger partial charge < -0.3 is 4.90 Å². The van der Waals surface area contributed by atoms with E-state index in [-0.39, 0.29) is 11.8 Å². The third-order valence-electron chi connectivity index (χ3n) is 2.71. The van der Waals surface area contributed by atoms with Gasteiger partial charge in [0.2, 0.25) is 5.91 Å². The molecule has 1 aromatic rings. The molecule has 0 saturated carbocycles. The van der Waals surface area contributed by atoms with Gasteiger partial charge in [0, 0.05) is 23.4 Å². The van der Waals surface area contributed by atoms with Gasteiger partial charge in [-0.2, -0.15) is 0 Å². The van der Waals surface area contributed by atoms with Gasteiger partial charge in [0.05, 0.1) is 10.7 Å². The van der Waals surface area contributed by atoms with Crippen molar-refractivity contribution in [2.75, 3.05) is 11.4 Å². The number of carbonyl (C=O) groups is 1. The molecule has 0 bridgehead atoms. The molecule has 1 fully saturated rings.